The molecule has 3 N–H and O–H groups in total. The molecule has 1 heterocycles. The number of urea groups is 1. The fraction of sp³-hybridized carbons (Fsp3) is 0.600. The second-order valence-electron chi connectivity index (χ2n) is 3.70. The number of nitrogens with zero attached hydrogens (tertiary/aromatic N) is 2. The van der Waals surface area contributed by atoms with Crippen LogP contribution >= 0.6 is 0 Å². The van der Waals surface area contributed by atoms with Crippen LogP contribution in [0.3, 0.4) is 0 Å². The van der Waals surface area contributed by atoms with E-state index in [4.69, 9.17) is 5.11 Å². The van der Waals surface area contributed by atoms with Crippen molar-refractivity contribution in [2.45, 2.75) is 32.2 Å². The Morgan fingerprint density at radius 3 is 2.89 bits per heavy atom. The van der Waals surface area contributed by atoms with Crippen LogP contribution in [0.4, 0.5) is 4.79 Å². The predicted octanol–water partition coefficient (Wildman–Crippen LogP) is 0.165. The summed E-state index contributed by atoms with van der Waals surface area (Å²) in [6.45, 7) is 2.17. The van der Waals surface area contributed by atoms with E-state index in [1.165, 1.54) is 6.39 Å². The van der Waals surface area contributed by atoms with Gasteiger partial charge in [-0.1, -0.05) is 12.1 Å². The molecular formula is C10H16N4O4. The molecule has 2 amide bonds. The third kappa shape index (κ3) is 5.28. The predicted molar refractivity (Wildman–Crippen MR) is 60.9 cm³/mol. The number of aromatic nitrogens is 2. The van der Waals surface area contributed by atoms with Gasteiger partial charge < -0.3 is 20.3 Å². The number of aliphatic carboxylic acids is 1. The van der Waals surface area contributed by atoms with Crippen molar-refractivity contribution in [1.29, 1.82) is 0 Å². The Morgan fingerprint density at radius 1 is 1.56 bits per heavy atom. The van der Waals surface area contributed by atoms with E-state index in [0.29, 0.717) is 25.2 Å². The molecule has 100 valence electrons. The minimum absolute atomic E-state index is 0.0885. The molecule has 8 heteroatoms. The molecule has 0 aliphatic heterocycles. The molecule has 0 saturated heterocycles. The van der Waals surface area contributed by atoms with Crippen molar-refractivity contribution in [3.05, 3.63) is 12.2 Å². The fourth-order valence-corrected chi connectivity index (χ4v) is 1.34. The minimum Gasteiger partial charge on any atom is -0.481 e. The third-order valence-electron chi connectivity index (χ3n) is 2.29. The topological polar surface area (TPSA) is 117 Å². The average Bonchev–Trinajstić information content (AvgIpc) is 2.80. The standard InChI is InChI=1S/C10H16N4O4/c1-2-7(5-9(15)16)13-10(17)11-4-3-8-12-6-18-14-8/h6-7H,2-5H2,1H3,(H,15,16)(H2,11,13,17). The second-order valence-corrected chi connectivity index (χ2v) is 3.70. The van der Waals surface area contributed by atoms with E-state index < -0.39 is 12.0 Å². The van der Waals surface area contributed by atoms with Gasteiger partial charge in [-0.05, 0) is 6.42 Å². The summed E-state index contributed by atoms with van der Waals surface area (Å²) in [6.07, 6.45) is 2.15. The van der Waals surface area contributed by atoms with Gasteiger partial charge in [0.1, 0.15) is 0 Å². The molecule has 1 atom stereocenters. The molecule has 0 aliphatic rings. The van der Waals surface area contributed by atoms with Gasteiger partial charge in [-0.2, -0.15) is 4.98 Å². The summed E-state index contributed by atoms with van der Waals surface area (Å²) in [6, 6.07) is -0.765. The van der Waals surface area contributed by atoms with Crippen molar-refractivity contribution in [3.8, 4) is 0 Å². The number of carboxylic acid groups (broad SMARTS) is 1. The lowest BCUT2D eigenvalue weighted by molar-refractivity contribution is -0.137. The van der Waals surface area contributed by atoms with Gasteiger partial charge in [0.25, 0.3) is 0 Å². The van der Waals surface area contributed by atoms with Crippen LogP contribution < -0.4 is 10.6 Å². The summed E-state index contributed by atoms with van der Waals surface area (Å²) in [4.78, 5) is 25.8. The Bertz CT molecular complexity index is 379. The number of hydrogen-bond donors (Lipinski definition) is 3. The molecule has 8 nitrogen and oxygen atoms in total. The van der Waals surface area contributed by atoms with Gasteiger partial charge in [-0.25, -0.2) is 4.79 Å². The lowest BCUT2D eigenvalue weighted by Gasteiger charge is -2.15. The Hall–Kier alpha value is -2.12. The third-order valence-corrected chi connectivity index (χ3v) is 2.29. The number of carbonyl (C=O) groups is 2. The van der Waals surface area contributed by atoms with Gasteiger partial charge in [0, 0.05) is 19.0 Å². The lowest BCUT2D eigenvalue weighted by atomic mass is 10.1. The molecule has 0 aromatic carbocycles. The molecule has 0 radical (unpaired) electrons. The van der Waals surface area contributed by atoms with Crippen molar-refractivity contribution in [3.63, 3.8) is 0 Å². The zero-order valence-corrected chi connectivity index (χ0v) is 10.0. The highest BCUT2D eigenvalue weighted by Gasteiger charge is 2.13. The fourth-order valence-electron chi connectivity index (χ4n) is 1.34. The summed E-state index contributed by atoms with van der Waals surface area (Å²) >= 11 is 0. The summed E-state index contributed by atoms with van der Waals surface area (Å²) in [5.74, 6) is -0.429. The quantitative estimate of drug-likeness (QED) is 0.640. The van der Waals surface area contributed by atoms with Gasteiger partial charge in [0.2, 0.25) is 6.39 Å². The van der Waals surface area contributed by atoms with Crippen molar-refractivity contribution in [1.82, 2.24) is 20.8 Å². The van der Waals surface area contributed by atoms with E-state index >= 15 is 0 Å². The minimum atomic E-state index is -0.936. The Labute approximate surface area is 104 Å². The maximum Gasteiger partial charge on any atom is 0.315 e. The maximum atomic E-state index is 11.4. The normalized spacial score (nSPS) is 11.8. The summed E-state index contributed by atoms with van der Waals surface area (Å²) < 4.78 is 4.54. The van der Waals surface area contributed by atoms with E-state index in [9.17, 15) is 9.59 Å². The maximum absolute atomic E-state index is 11.4. The molecule has 0 fully saturated rings. The molecule has 1 unspecified atom stereocenters. The van der Waals surface area contributed by atoms with Crippen LogP contribution in [0.5, 0.6) is 0 Å². The molecule has 1 aromatic heterocycles. The number of rotatable bonds is 7. The molecule has 18 heavy (non-hydrogen) atoms. The van der Waals surface area contributed by atoms with Crippen molar-refractivity contribution >= 4 is 12.0 Å². The molecule has 1 rings (SSSR count). The SMILES string of the molecule is CCC(CC(=O)O)NC(=O)NCCc1ncon1. The van der Waals surface area contributed by atoms with Crippen molar-refractivity contribution in [2.24, 2.45) is 0 Å². The Kier molecular flexibility index (Phi) is 5.62. The van der Waals surface area contributed by atoms with E-state index in [2.05, 4.69) is 25.3 Å². The van der Waals surface area contributed by atoms with Gasteiger partial charge >= 0.3 is 12.0 Å². The number of amides is 2. The van der Waals surface area contributed by atoms with Crippen LogP contribution in [0.25, 0.3) is 0 Å². The largest absolute Gasteiger partial charge is 0.481 e. The summed E-state index contributed by atoms with van der Waals surface area (Å²) in [7, 11) is 0. The molecule has 0 aliphatic carbocycles. The zero-order valence-electron chi connectivity index (χ0n) is 10.0. The first-order valence-corrected chi connectivity index (χ1v) is 5.63. The Morgan fingerprint density at radius 2 is 2.33 bits per heavy atom. The van der Waals surface area contributed by atoms with Gasteiger partial charge in [-0.3, -0.25) is 4.79 Å². The second kappa shape index (κ2) is 7.25. The van der Waals surface area contributed by atoms with Gasteiger partial charge in [-0.15, -0.1) is 0 Å². The first-order chi connectivity index (χ1) is 8.61. The lowest BCUT2D eigenvalue weighted by Crippen LogP contribution is -2.43. The van der Waals surface area contributed by atoms with Crippen molar-refractivity contribution < 1.29 is 19.2 Å². The van der Waals surface area contributed by atoms with Gasteiger partial charge in [0.05, 0.1) is 6.42 Å². The highest BCUT2D eigenvalue weighted by molar-refractivity contribution is 5.75. The van der Waals surface area contributed by atoms with Crippen LogP contribution in [0.1, 0.15) is 25.6 Å². The molecule has 0 bridgehead atoms. The van der Waals surface area contributed by atoms with E-state index in [-0.39, 0.29) is 12.5 Å². The number of carbonyl (C=O) groups excluding carboxylic acids is 1. The first kappa shape index (κ1) is 13.9. The zero-order chi connectivity index (χ0) is 13.4. The molecular weight excluding hydrogens is 240 g/mol. The van der Waals surface area contributed by atoms with Crippen LogP contribution in [0.15, 0.2) is 10.9 Å². The molecule has 0 spiro atoms. The average molecular weight is 256 g/mol. The molecule has 0 saturated carbocycles. The summed E-state index contributed by atoms with van der Waals surface area (Å²) in [5.41, 5.74) is 0. The van der Waals surface area contributed by atoms with Gasteiger partial charge in [0.15, 0.2) is 5.82 Å². The highest BCUT2D eigenvalue weighted by atomic mass is 16.5. The number of hydrogen-bond acceptors (Lipinski definition) is 5. The van der Waals surface area contributed by atoms with Crippen LogP contribution in [-0.2, 0) is 11.2 Å². The number of nitrogens with one attached hydrogen (secondary N) is 2. The van der Waals surface area contributed by atoms with E-state index in [1.54, 1.807) is 0 Å². The van der Waals surface area contributed by atoms with Crippen LogP contribution in [0.2, 0.25) is 0 Å². The van der Waals surface area contributed by atoms with Crippen LogP contribution in [0, 0.1) is 0 Å². The smallest absolute Gasteiger partial charge is 0.315 e. The van der Waals surface area contributed by atoms with Crippen LogP contribution in [-0.4, -0.2) is 39.8 Å². The first-order valence-electron chi connectivity index (χ1n) is 5.63. The number of carboxylic acids is 1. The summed E-state index contributed by atoms with van der Waals surface area (Å²) in [5, 5.41) is 17.4. The monoisotopic (exact) mass is 256 g/mol. The Balaban J connectivity index is 2.21. The molecule has 1 aromatic rings. The van der Waals surface area contributed by atoms with E-state index in [1.807, 2.05) is 6.92 Å². The van der Waals surface area contributed by atoms with E-state index in [0.717, 1.165) is 0 Å². The van der Waals surface area contributed by atoms with Crippen molar-refractivity contribution in [2.75, 3.05) is 6.54 Å². The highest BCUT2D eigenvalue weighted by Crippen LogP contribution is 1.97.